The van der Waals surface area contributed by atoms with E-state index in [1.54, 1.807) is 12.1 Å². The molecule has 1 aromatic rings. The van der Waals surface area contributed by atoms with Gasteiger partial charge in [-0.05, 0) is 37.8 Å². The summed E-state index contributed by atoms with van der Waals surface area (Å²) in [6, 6.07) is 3.37. The molecule has 2 heterocycles. The van der Waals surface area contributed by atoms with Crippen molar-refractivity contribution in [1.82, 2.24) is 5.32 Å². The lowest BCUT2D eigenvalue weighted by Gasteiger charge is -2.22. The Labute approximate surface area is 95.0 Å². The van der Waals surface area contributed by atoms with Crippen molar-refractivity contribution in [3.05, 3.63) is 24.2 Å². The fourth-order valence-corrected chi connectivity index (χ4v) is 1.88. The van der Waals surface area contributed by atoms with Crippen LogP contribution in [0.3, 0.4) is 0 Å². The second-order valence-electron chi connectivity index (χ2n) is 4.01. The van der Waals surface area contributed by atoms with Crippen LogP contribution in [0.4, 0.5) is 0 Å². The van der Waals surface area contributed by atoms with E-state index in [0.29, 0.717) is 18.4 Å². The minimum absolute atomic E-state index is 0.152. The van der Waals surface area contributed by atoms with Crippen molar-refractivity contribution in [2.24, 2.45) is 0 Å². The summed E-state index contributed by atoms with van der Waals surface area (Å²) in [6.07, 6.45) is 6.19. The number of rotatable bonds is 4. The van der Waals surface area contributed by atoms with Gasteiger partial charge in [-0.15, -0.1) is 0 Å². The van der Waals surface area contributed by atoms with Gasteiger partial charge in [-0.1, -0.05) is 0 Å². The molecular formula is C12H17NO3. The highest BCUT2D eigenvalue weighted by Crippen LogP contribution is 2.14. The third-order valence-corrected chi connectivity index (χ3v) is 2.77. The van der Waals surface area contributed by atoms with Crippen LogP contribution in [0.2, 0.25) is 0 Å². The minimum Gasteiger partial charge on any atom is -0.459 e. The smallest absolute Gasteiger partial charge is 0.286 e. The first-order valence-electron chi connectivity index (χ1n) is 5.79. The lowest BCUT2D eigenvalue weighted by molar-refractivity contribution is 0.0116. The van der Waals surface area contributed by atoms with Crippen molar-refractivity contribution in [2.75, 3.05) is 13.2 Å². The number of carbonyl (C=O) groups excluding carboxylic acids is 1. The molecule has 1 atom stereocenters. The average molecular weight is 223 g/mol. The molecule has 1 saturated heterocycles. The lowest BCUT2D eigenvalue weighted by atomic mass is 10.1. The van der Waals surface area contributed by atoms with Crippen LogP contribution in [0.5, 0.6) is 0 Å². The number of furan rings is 1. The van der Waals surface area contributed by atoms with Crippen molar-refractivity contribution < 1.29 is 13.9 Å². The Morgan fingerprint density at radius 2 is 2.44 bits per heavy atom. The Balaban J connectivity index is 1.66. The number of nitrogens with one attached hydrogen (secondary N) is 1. The molecule has 1 unspecified atom stereocenters. The van der Waals surface area contributed by atoms with E-state index >= 15 is 0 Å². The molecule has 1 aromatic heterocycles. The van der Waals surface area contributed by atoms with Crippen LogP contribution in [0, 0.1) is 0 Å². The molecule has 1 amide bonds. The first-order valence-corrected chi connectivity index (χ1v) is 5.79. The average Bonchev–Trinajstić information content (AvgIpc) is 2.84. The molecule has 1 fully saturated rings. The highest BCUT2D eigenvalue weighted by molar-refractivity contribution is 5.91. The number of amides is 1. The van der Waals surface area contributed by atoms with E-state index in [1.807, 2.05) is 0 Å². The molecular weight excluding hydrogens is 206 g/mol. The summed E-state index contributed by atoms with van der Waals surface area (Å²) in [5.74, 6) is 0.213. The van der Waals surface area contributed by atoms with Gasteiger partial charge in [0.15, 0.2) is 5.76 Å². The monoisotopic (exact) mass is 223 g/mol. The van der Waals surface area contributed by atoms with Gasteiger partial charge in [0.1, 0.15) is 0 Å². The summed E-state index contributed by atoms with van der Waals surface area (Å²) in [5.41, 5.74) is 0. The zero-order chi connectivity index (χ0) is 11.2. The number of hydrogen-bond donors (Lipinski definition) is 1. The molecule has 0 aromatic carbocycles. The molecule has 0 saturated carbocycles. The van der Waals surface area contributed by atoms with Gasteiger partial charge in [-0.25, -0.2) is 0 Å². The van der Waals surface area contributed by atoms with Crippen LogP contribution in [0.1, 0.15) is 36.2 Å². The number of ether oxygens (including phenoxy) is 1. The molecule has 16 heavy (non-hydrogen) atoms. The maximum atomic E-state index is 11.5. The summed E-state index contributed by atoms with van der Waals surface area (Å²) < 4.78 is 10.6. The molecule has 88 valence electrons. The summed E-state index contributed by atoms with van der Waals surface area (Å²) in [5, 5.41) is 2.82. The minimum atomic E-state index is -0.152. The van der Waals surface area contributed by atoms with E-state index in [1.165, 1.54) is 12.7 Å². The standard InChI is InChI=1S/C12H17NO3/c14-12(11-5-3-9-16-11)13-7-6-10-4-1-2-8-15-10/h3,5,9-10H,1-2,4,6-8H2,(H,13,14). The van der Waals surface area contributed by atoms with Gasteiger partial charge >= 0.3 is 0 Å². The predicted octanol–water partition coefficient (Wildman–Crippen LogP) is 1.97. The molecule has 0 bridgehead atoms. The van der Waals surface area contributed by atoms with E-state index in [0.717, 1.165) is 25.9 Å². The van der Waals surface area contributed by atoms with Crippen LogP contribution in [-0.4, -0.2) is 25.2 Å². The SMILES string of the molecule is O=C(NCCC1CCCCO1)c1ccco1. The summed E-state index contributed by atoms with van der Waals surface area (Å²) in [7, 11) is 0. The molecule has 4 nitrogen and oxygen atoms in total. The highest BCUT2D eigenvalue weighted by Gasteiger charge is 2.14. The van der Waals surface area contributed by atoms with Crippen molar-refractivity contribution in [1.29, 1.82) is 0 Å². The second kappa shape index (κ2) is 5.70. The van der Waals surface area contributed by atoms with Gasteiger partial charge in [-0.3, -0.25) is 4.79 Å². The molecule has 4 heteroatoms. The third kappa shape index (κ3) is 3.10. The zero-order valence-corrected chi connectivity index (χ0v) is 9.28. The van der Waals surface area contributed by atoms with Crippen molar-refractivity contribution >= 4 is 5.91 Å². The molecule has 1 aliphatic heterocycles. The predicted molar refractivity (Wildman–Crippen MR) is 59.2 cm³/mol. The molecule has 2 rings (SSSR count). The molecule has 0 radical (unpaired) electrons. The molecule has 1 N–H and O–H groups in total. The molecule has 0 spiro atoms. The van der Waals surface area contributed by atoms with Gasteiger partial charge < -0.3 is 14.5 Å². The van der Waals surface area contributed by atoms with Crippen molar-refractivity contribution in [3.8, 4) is 0 Å². The summed E-state index contributed by atoms with van der Waals surface area (Å²) >= 11 is 0. The first kappa shape index (κ1) is 11.2. The lowest BCUT2D eigenvalue weighted by Crippen LogP contribution is -2.29. The molecule has 0 aliphatic carbocycles. The maximum Gasteiger partial charge on any atom is 0.286 e. The Kier molecular flexibility index (Phi) is 3.99. The van der Waals surface area contributed by atoms with E-state index in [4.69, 9.17) is 9.15 Å². The Morgan fingerprint density at radius 1 is 1.50 bits per heavy atom. The van der Waals surface area contributed by atoms with Crippen LogP contribution in [0.15, 0.2) is 22.8 Å². The van der Waals surface area contributed by atoms with Gasteiger partial charge in [0.25, 0.3) is 5.91 Å². The zero-order valence-electron chi connectivity index (χ0n) is 9.28. The summed E-state index contributed by atoms with van der Waals surface area (Å²) in [6.45, 7) is 1.50. The summed E-state index contributed by atoms with van der Waals surface area (Å²) in [4.78, 5) is 11.5. The van der Waals surface area contributed by atoms with E-state index < -0.39 is 0 Å². The normalized spacial score (nSPS) is 20.6. The Hall–Kier alpha value is -1.29. The topological polar surface area (TPSA) is 51.5 Å². The third-order valence-electron chi connectivity index (χ3n) is 2.77. The fourth-order valence-electron chi connectivity index (χ4n) is 1.88. The van der Waals surface area contributed by atoms with Crippen LogP contribution < -0.4 is 5.32 Å². The van der Waals surface area contributed by atoms with E-state index in [-0.39, 0.29) is 5.91 Å². The van der Waals surface area contributed by atoms with Gasteiger partial charge in [0.2, 0.25) is 0 Å². The first-order chi connectivity index (χ1) is 7.86. The van der Waals surface area contributed by atoms with E-state index in [2.05, 4.69) is 5.32 Å². The van der Waals surface area contributed by atoms with Crippen LogP contribution in [-0.2, 0) is 4.74 Å². The van der Waals surface area contributed by atoms with E-state index in [9.17, 15) is 4.79 Å². The maximum absolute atomic E-state index is 11.5. The van der Waals surface area contributed by atoms with Gasteiger partial charge in [0.05, 0.1) is 12.4 Å². The molecule has 1 aliphatic rings. The highest BCUT2D eigenvalue weighted by atomic mass is 16.5. The second-order valence-corrected chi connectivity index (χ2v) is 4.01. The van der Waals surface area contributed by atoms with Gasteiger partial charge in [0, 0.05) is 13.2 Å². The van der Waals surface area contributed by atoms with Crippen molar-refractivity contribution in [3.63, 3.8) is 0 Å². The number of carbonyl (C=O) groups is 1. The largest absolute Gasteiger partial charge is 0.459 e. The van der Waals surface area contributed by atoms with Crippen molar-refractivity contribution in [2.45, 2.75) is 31.8 Å². The Bertz CT molecular complexity index is 315. The van der Waals surface area contributed by atoms with Crippen LogP contribution >= 0.6 is 0 Å². The number of hydrogen-bond acceptors (Lipinski definition) is 3. The van der Waals surface area contributed by atoms with Crippen LogP contribution in [0.25, 0.3) is 0 Å². The quantitative estimate of drug-likeness (QED) is 0.849. The Morgan fingerprint density at radius 3 is 3.12 bits per heavy atom. The fraction of sp³-hybridized carbons (Fsp3) is 0.583. The van der Waals surface area contributed by atoms with Gasteiger partial charge in [-0.2, -0.15) is 0 Å².